The molecular formula is C11H10N2O4. The number of aliphatic carboxylic acids is 1. The van der Waals surface area contributed by atoms with E-state index >= 15 is 0 Å². The first-order valence-corrected chi connectivity index (χ1v) is 4.93. The van der Waals surface area contributed by atoms with Gasteiger partial charge in [-0.25, -0.2) is 4.98 Å². The summed E-state index contributed by atoms with van der Waals surface area (Å²) in [7, 11) is 0. The molecule has 0 fully saturated rings. The van der Waals surface area contributed by atoms with Crippen molar-refractivity contribution < 1.29 is 19.1 Å². The quantitative estimate of drug-likeness (QED) is 0.786. The summed E-state index contributed by atoms with van der Waals surface area (Å²) in [6.07, 6.45) is -0.560. The first-order valence-electron chi connectivity index (χ1n) is 4.93. The number of aryl methyl sites for hydroxylation is 1. The second-order valence-corrected chi connectivity index (χ2v) is 3.53. The normalized spacial score (nSPS) is 10.4. The molecule has 88 valence electrons. The number of carboxylic acids is 1. The van der Waals surface area contributed by atoms with Gasteiger partial charge in [-0.15, -0.1) is 0 Å². The Morgan fingerprint density at radius 1 is 1.47 bits per heavy atom. The van der Waals surface area contributed by atoms with Crippen molar-refractivity contribution in [2.45, 2.75) is 13.3 Å². The fourth-order valence-electron chi connectivity index (χ4n) is 1.46. The van der Waals surface area contributed by atoms with Crippen LogP contribution in [0.2, 0.25) is 0 Å². The van der Waals surface area contributed by atoms with E-state index in [2.05, 4.69) is 10.3 Å². The highest BCUT2D eigenvalue weighted by atomic mass is 16.4. The minimum Gasteiger partial charge on any atom is -0.481 e. The molecule has 0 saturated carbocycles. The number of carbonyl (C=O) groups is 2. The molecule has 1 aromatic carbocycles. The molecule has 2 rings (SSSR count). The lowest BCUT2D eigenvalue weighted by molar-refractivity contribution is -0.139. The van der Waals surface area contributed by atoms with Crippen LogP contribution in [0.15, 0.2) is 22.6 Å². The highest BCUT2D eigenvalue weighted by Crippen LogP contribution is 2.19. The third kappa shape index (κ3) is 2.60. The summed E-state index contributed by atoms with van der Waals surface area (Å²) in [5, 5.41) is 10.9. The van der Waals surface area contributed by atoms with Gasteiger partial charge in [-0.1, -0.05) is 0 Å². The van der Waals surface area contributed by atoms with E-state index in [0.717, 1.165) is 0 Å². The summed E-state index contributed by atoms with van der Waals surface area (Å²) in [5.74, 6) is -1.20. The maximum Gasteiger partial charge on any atom is 0.312 e. The van der Waals surface area contributed by atoms with Crippen molar-refractivity contribution in [2.75, 3.05) is 5.32 Å². The largest absolute Gasteiger partial charge is 0.481 e. The van der Waals surface area contributed by atoms with Gasteiger partial charge in [0.05, 0.1) is 0 Å². The van der Waals surface area contributed by atoms with Gasteiger partial charge in [0.15, 0.2) is 11.5 Å². The Kier molecular flexibility index (Phi) is 2.78. The predicted octanol–water partition coefficient (Wildman–Crippen LogP) is 1.55. The summed E-state index contributed by atoms with van der Waals surface area (Å²) < 4.78 is 5.27. The second kappa shape index (κ2) is 4.25. The summed E-state index contributed by atoms with van der Waals surface area (Å²) in [6, 6.07) is 4.93. The fourth-order valence-corrected chi connectivity index (χ4v) is 1.46. The number of fused-ring (bicyclic) bond motifs is 1. The minimum atomic E-state index is -1.17. The smallest absolute Gasteiger partial charge is 0.312 e. The van der Waals surface area contributed by atoms with Crippen molar-refractivity contribution in [2.24, 2.45) is 0 Å². The zero-order chi connectivity index (χ0) is 12.4. The molecule has 17 heavy (non-hydrogen) atoms. The molecule has 0 aliphatic rings. The number of oxazole rings is 1. The van der Waals surface area contributed by atoms with Crippen LogP contribution in [-0.2, 0) is 9.59 Å². The van der Waals surface area contributed by atoms with Crippen LogP contribution in [0, 0.1) is 6.92 Å². The Morgan fingerprint density at radius 3 is 2.94 bits per heavy atom. The van der Waals surface area contributed by atoms with Crippen LogP contribution in [0.25, 0.3) is 11.1 Å². The molecule has 0 aliphatic heterocycles. The van der Waals surface area contributed by atoms with Crippen molar-refractivity contribution in [3.8, 4) is 0 Å². The van der Waals surface area contributed by atoms with E-state index < -0.39 is 18.3 Å². The molecule has 6 nitrogen and oxygen atoms in total. The van der Waals surface area contributed by atoms with E-state index in [-0.39, 0.29) is 0 Å². The first kappa shape index (κ1) is 11.1. The number of nitrogens with one attached hydrogen (secondary N) is 1. The van der Waals surface area contributed by atoms with Gasteiger partial charge in [0.2, 0.25) is 5.91 Å². The Labute approximate surface area is 96.3 Å². The third-order valence-electron chi connectivity index (χ3n) is 2.09. The number of amides is 1. The zero-order valence-corrected chi connectivity index (χ0v) is 9.06. The number of hydrogen-bond acceptors (Lipinski definition) is 4. The van der Waals surface area contributed by atoms with Crippen LogP contribution in [-0.4, -0.2) is 22.0 Å². The van der Waals surface area contributed by atoms with E-state index in [0.29, 0.717) is 22.7 Å². The zero-order valence-electron chi connectivity index (χ0n) is 9.06. The number of aromatic nitrogens is 1. The Bertz CT molecular complexity index is 588. The molecule has 0 aliphatic carbocycles. The number of benzene rings is 1. The minimum absolute atomic E-state index is 0.497. The highest BCUT2D eigenvalue weighted by molar-refractivity contribution is 6.01. The van der Waals surface area contributed by atoms with Crippen molar-refractivity contribution in [3.63, 3.8) is 0 Å². The lowest BCUT2D eigenvalue weighted by Gasteiger charge is -2.02. The molecule has 1 amide bonds. The molecule has 2 aromatic rings. The molecule has 0 unspecified atom stereocenters. The molecule has 1 aromatic heterocycles. The number of hydrogen-bond donors (Lipinski definition) is 2. The van der Waals surface area contributed by atoms with Gasteiger partial charge in [-0.2, -0.15) is 0 Å². The molecular weight excluding hydrogens is 224 g/mol. The molecule has 0 atom stereocenters. The standard InChI is InChI=1S/C11H10N2O4/c1-6-12-8-4-7(2-3-9(8)17-6)13-10(14)5-11(15)16/h2-4H,5H2,1H3,(H,13,14)(H,15,16). The van der Waals surface area contributed by atoms with Crippen molar-refractivity contribution in [3.05, 3.63) is 24.1 Å². The molecule has 2 N–H and O–H groups in total. The summed E-state index contributed by atoms with van der Waals surface area (Å²) >= 11 is 0. The van der Waals surface area contributed by atoms with Crippen LogP contribution in [0.5, 0.6) is 0 Å². The van der Waals surface area contributed by atoms with E-state index in [9.17, 15) is 9.59 Å². The Balaban J connectivity index is 2.19. The molecule has 0 bridgehead atoms. The lowest BCUT2D eigenvalue weighted by atomic mass is 10.2. The van der Waals surface area contributed by atoms with E-state index in [1.165, 1.54) is 0 Å². The van der Waals surface area contributed by atoms with Crippen molar-refractivity contribution in [1.29, 1.82) is 0 Å². The summed E-state index contributed by atoms with van der Waals surface area (Å²) in [5.41, 5.74) is 1.74. The number of nitrogens with zero attached hydrogens (tertiary/aromatic N) is 1. The first-order chi connectivity index (χ1) is 8.04. The van der Waals surface area contributed by atoms with E-state index in [1.54, 1.807) is 25.1 Å². The van der Waals surface area contributed by atoms with Crippen LogP contribution in [0.1, 0.15) is 12.3 Å². The topological polar surface area (TPSA) is 92.4 Å². The van der Waals surface area contributed by atoms with Gasteiger partial charge in [-0.05, 0) is 18.2 Å². The lowest BCUT2D eigenvalue weighted by Crippen LogP contribution is -2.15. The van der Waals surface area contributed by atoms with Gasteiger partial charge in [0.25, 0.3) is 0 Å². The molecule has 1 heterocycles. The second-order valence-electron chi connectivity index (χ2n) is 3.53. The SMILES string of the molecule is Cc1nc2cc(NC(=O)CC(=O)O)ccc2o1. The van der Waals surface area contributed by atoms with Crippen LogP contribution < -0.4 is 5.32 Å². The summed E-state index contributed by atoms with van der Waals surface area (Å²) in [6.45, 7) is 1.72. The average Bonchev–Trinajstić information content (AvgIpc) is 2.55. The molecule has 0 saturated heterocycles. The van der Waals surface area contributed by atoms with Crippen molar-refractivity contribution >= 4 is 28.7 Å². The van der Waals surface area contributed by atoms with Gasteiger partial charge < -0.3 is 14.8 Å². The van der Waals surface area contributed by atoms with Gasteiger partial charge >= 0.3 is 5.97 Å². The predicted molar refractivity (Wildman–Crippen MR) is 59.6 cm³/mol. The molecule has 6 heteroatoms. The Morgan fingerprint density at radius 2 is 2.24 bits per heavy atom. The monoisotopic (exact) mass is 234 g/mol. The Hall–Kier alpha value is -2.37. The fraction of sp³-hybridized carbons (Fsp3) is 0.182. The van der Waals surface area contributed by atoms with E-state index in [4.69, 9.17) is 9.52 Å². The summed E-state index contributed by atoms with van der Waals surface area (Å²) in [4.78, 5) is 25.7. The van der Waals surface area contributed by atoms with Gasteiger partial charge in [0.1, 0.15) is 11.9 Å². The number of rotatable bonds is 3. The maximum absolute atomic E-state index is 11.2. The number of carbonyl (C=O) groups excluding carboxylic acids is 1. The molecule has 0 spiro atoms. The maximum atomic E-state index is 11.2. The average molecular weight is 234 g/mol. The number of anilines is 1. The highest BCUT2D eigenvalue weighted by Gasteiger charge is 2.09. The van der Waals surface area contributed by atoms with Gasteiger partial charge in [0, 0.05) is 12.6 Å². The van der Waals surface area contributed by atoms with Crippen LogP contribution in [0.3, 0.4) is 0 Å². The molecule has 0 radical (unpaired) electrons. The van der Waals surface area contributed by atoms with Gasteiger partial charge in [-0.3, -0.25) is 9.59 Å². The van der Waals surface area contributed by atoms with Crippen LogP contribution >= 0.6 is 0 Å². The third-order valence-corrected chi connectivity index (χ3v) is 2.09. The van der Waals surface area contributed by atoms with Crippen molar-refractivity contribution in [1.82, 2.24) is 4.98 Å². The van der Waals surface area contributed by atoms with E-state index in [1.807, 2.05) is 0 Å². The number of carboxylic acid groups (broad SMARTS) is 1. The van der Waals surface area contributed by atoms with Crippen LogP contribution in [0.4, 0.5) is 5.69 Å².